The van der Waals surface area contributed by atoms with Crippen molar-refractivity contribution in [2.24, 2.45) is 7.05 Å². The minimum Gasteiger partial charge on any atom is -0.327 e. The lowest BCUT2D eigenvalue weighted by molar-refractivity contribution is -0.203. The van der Waals surface area contributed by atoms with E-state index >= 15 is 0 Å². The van der Waals surface area contributed by atoms with Crippen molar-refractivity contribution in [1.29, 1.82) is 0 Å². The summed E-state index contributed by atoms with van der Waals surface area (Å²) in [7, 11) is 1.48. The van der Waals surface area contributed by atoms with Crippen LogP contribution >= 0.6 is 0 Å². The van der Waals surface area contributed by atoms with E-state index in [0.717, 1.165) is 5.06 Å². The fourth-order valence-corrected chi connectivity index (χ4v) is 3.10. The number of alkyl halides is 3. The smallest absolute Gasteiger partial charge is 0.327 e. The third-order valence-electron chi connectivity index (χ3n) is 4.39. The zero-order valence-electron chi connectivity index (χ0n) is 15.3. The molecule has 0 saturated carbocycles. The number of carbonyl (C=O) groups is 1. The Hall–Kier alpha value is -2.78. The quantitative estimate of drug-likeness (QED) is 0.689. The monoisotopic (exact) mass is 400 g/mol. The molecular formula is C16H19F3N6O3. The molecule has 12 heteroatoms. The summed E-state index contributed by atoms with van der Waals surface area (Å²) in [5.41, 5.74) is -0.445. The average molecular weight is 400 g/mol. The van der Waals surface area contributed by atoms with Gasteiger partial charge in [-0.25, -0.2) is 9.78 Å². The first-order valence-electron chi connectivity index (χ1n) is 8.50. The fourth-order valence-electron chi connectivity index (χ4n) is 3.10. The van der Waals surface area contributed by atoms with Crippen LogP contribution in [0.15, 0.2) is 11.1 Å². The Kier molecular flexibility index (Phi) is 5.48. The zero-order chi connectivity index (χ0) is 20.5. The van der Waals surface area contributed by atoms with Crippen LogP contribution in [0.1, 0.15) is 6.92 Å². The van der Waals surface area contributed by atoms with Gasteiger partial charge < -0.3 is 19.6 Å². The maximum absolute atomic E-state index is 12.8. The molecule has 0 spiro atoms. The molecule has 0 radical (unpaired) electrons. The summed E-state index contributed by atoms with van der Waals surface area (Å²) in [6, 6.07) is 0. The van der Waals surface area contributed by atoms with Crippen LogP contribution in [0.5, 0.6) is 0 Å². The Balaban J connectivity index is 2.10. The van der Waals surface area contributed by atoms with Gasteiger partial charge in [0.1, 0.15) is 0 Å². The predicted molar refractivity (Wildman–Crippen MR) is 93.1 cm³/mol. The lowest BCUT2D eigenvalue weighted by Gasteiger charge is -2.40. The van der Waals surface area contributed by atoms with E-state index in [1.54, 1.807) is 11.8 Å². The molecule has 1 atom stereocenters. The van der Waals surface area contributed by atoms with Crippen molar-refractivity contribution in [3.8, 4) is 11.8 Å². The number of anilines is 2. The van der Waals surface area contributed by atoms with Crippen LogP contribution in [0.4, 0.5) is 24.7 Å². The van der Waals surface area contributed by atoms with Crippen molar-refractivity contribution in [3.05, 3.63) is 16.7 Å². The molecular weight excluding hydrogens is 381 g/mol. The molecule has 1 aromatic rings. The number of hydrogen-bond donors (Lipinski definition) is 1. The third kappa shape index (κ3) is 3.63. The minimum atomic E-state index is -5.19. The molecule has 3 heterocycles. The van der Waals surface area contributed by atoms with Crippen molar-refractivity contribution in [2.75, 3.05) is 42.7 Å². The van der Waals surface area contributed by atoms with Crippen molar-refractivity contribution in [3.63, 3.8) is 0 Å². The third-order valence-corrected chi connectivity index (χ3v) is 4.39. The van der Waals surface area contributed by atoms with E-state index in [2.05, 4.69) is 27.0 Å². The predicted octanol–water partition coefficient (Wildman–Crippen LogP) is -0.361. The Morgan fingerprint density at radius 2 is 2.07 bits per heavy atom. The summed E-state index contributed by atoms with van der Waals surface area (Å²) in [6.07, 6.45) is -4.99. The molecule has 3 rings (SSSR count). The summed E-state index contributed by atoms with van der Waals surface area (Å²) >= 11 is 0. The highest BCUT2D eigenvalue weighted by Gasteiger charge is 2.49. The van der Waals surface area contributed by atoms with Gasteiger partial charge in [0.25, 0.3) is 5.56 Å². The molecule has 152 valence electrons. The number of halogens is 3. The highest BCUT2D eigenvalue weighted by Crippen LogP contribution is 2.37. The SMILES string of the molecule is CC#CCN1c2c(ncn(C)c2=O)N(OC(=O)C(F)(F)F)C1N1CCNCC1. The minimum absolute atomic E-state index is 0.0336. The molecule has 0 aliphatic carbocycles. The number of hydrogen-bond acceptors (Lipinski definition) is 8. The van der Waals surface area contributed by atoms with Gasteiger partial charge in [0.05, 0.1) is 12.9 Å². The largest absolute Gasteiger partial charge is 0.493 e. The molecule has 28 heavy (non-hydrogen) atoms. The summed E-state index contributed by atoms with van der Waals surface area (Å²) in [4.78, 5) is 36.3. The first kappa shape index (κ1) is 20.0. The summed E-state index contributed by atoms with van der Waals surface area (Å²) in [5.74, 6) is 2.99. The van der Waals surface area contributed by atoms with Crippen LogP contribution in [0.3, 0.4) is 0 Å². The van der Waals surface area contributed by atoms with E-state index < -0.39 is 24.0 Å². The average Bonchev–Trinajstić information content (AvgIpc) is 2.96. The van der Waals surface area contributed by atoms with Gasteiger partial charge in [-0.1, -0.05) is 5.92 Å². The maximum atomic E-state index is 12.8. The second-order valence-electron chi connectivity index (χ2n) is 6.22. The van der Waals surface area contributed by atoms with Gasteiger partial charge in [-0.05, 0) is 6.92 Å². The van der Waals surface area contributed by atoms with Crippen molar-refractivity contribution in [1.82, 2.24) is 19.8 Å². The number of aryl methyl sites for hydroxylation is 1. The first-order valence-corrected chi connectivity index (χ1v) is 8.50. The second kappa shape index (κ2) is 7.69. The van der Waals surface area contributed by atoms with E-state index in [-0.39, 0.29) is 18.1 Å². The first-order chi connectivity index (χ1) is 13.3. The van der Waals surface area contributed by atoms with E-state index in [9.17, 15) is 22.8 Å². The lowest BCUT2D eigenvalue weighted by atomic mass is 10.3. The molecule has 1 N–H and O–H groups in total. The standard InChI is InChI=1S/C16H19F3N6O3/c1-3-4-7-24-11-12(21-10-22(2)13(11)26)25(28-14(27)16(17,18)19)15(24)23-8-5-20-6-9-23/h10,15,20H,5-9H2,1-2H3. The van der Waals surface area contributed by atoms with Gasteiger partial charge in [0.15, 0.2) is 17.8 Å². The second-order valence-corrected chi connectivity index (χ2v) is 6.22. The molecule has 1 unspecified atom stereocenters. The zero-order valence-corrected chi connectivity index (χ0v) is 15.3. The normalized spacial score (nSPS) is 19.8. The molecule has 0 aromatic carbocycles. The van der Waals surface area contributed by atoms with Gasteiger partial charge in [-0.2, -0.15) is 13.2 Å². The van der Waals surface area contributed by atoms with Gasteiger partial charge >= 0.3 is 12.1 Å². The number of aromatic nitrogens is 2. The van der Waals surface area contributed by atoms with Crippen LogP contribution in [-0.2, 0) is 16.7 Å². The number of fused-ring (bicyclic) bond motifs is 1. The molecule has 0 bridgehead atoms. The molecule has 1 fully saturated rings. The van der Waals surface area contributed by atoms with Gasteiger partial charge in [-0.15, -0.1) is 11.0 Å². The number of rotatable bonds is 3. The van der Waals surface area contributed by atoms with E-state index in [0.29, 0.717) is 26.2 Å². The van der Waals surface area contributed by atoms with E-state index in [4.69, 9.17) is 0 Å². The molecule has 0 amide bonds. The number of piperazine rings is 1. The fraction of sp³-hybridized carbons (Fsp3) is 0.562. The summed E-state index contributed by atoms with van der Waals surface area (Å²) in [5, 5.41) is 3.90. The van der Waals surface area contributed by atoms with Crippen molar-refractivity contribution in [2.45, 2.75) is 19.4 Å². The number of nitrogens with one attached hydrogen (secondary N) is 1. The Labute approximate surface area is 158 Å². The highest BCUT2D eigenvalue weighted by molar-refractivity contribution is 5.79. The van der Waals surface area contributed by atoms with Crippen LogP contribution in [0, 0.1) is 11.8 Å². The number of nitrogens with zero attached hydrogens (tertiary/aromatic N) is 5. The van der Waals surface area contributed by atoms with Crippen LogP contribution < -0.4 is 20.8 Å². The molecule has 1 aromatic heterocycles. The Bertz CT molecular complexity index is 869. The van der Waals surface area contributed by atoms with Crippen molar-refractivity contribution < 1.29 is 22.8 Å². The van der Waals surface area contributed by atoms with E-state index in [1.165, 1.54) is 22.8 Å². The molecule has 2 aliphatic rings. The molecule has 9 nitrogen and oxygen atoms in total. The Morgan fingerprint density at radius 3 is 2.68 bits per heavy atom. The highest BCUT2D eigenvalue weighted by atomic mass is 19.4. The number of carbonyl (C=O) groups excluding carboxylic acids is 1. The number of hydroxylamine groups is 1. The van der Waals surface area contributed by atoms with Crippen LogP contribution in [-0.4, -0.2) is 65.6 Å². The maximum Gasteiger partial charge on any atom is 0.493 e. The molecule has 2 aliphatic heterocycles. The lowest BCUT2D eigenvalue weighted by Crippen LogP contribution is -2.61. The van der Waals surface area contributed by atoms with Crippen LogP contribution in [0.25, 0.3) is 0 Å². The van der Waals surface area contributed by atoms with Gasteiger partial charge in [0, 0.05) is 33.2 Å². The van der Waals surface area contributed by atoms with Crippen molar-refractivity contribution >= 4 is 17.5 Å². The summed E-state index contributed by atoms with van der Waals surface area (Å²) < 4.78 is 39.7. The van der Waals surface area contributed by atoms with Crippen LogP contribution in [0.2, 0.25) is 0 Å². The Morgan fingerprint density at radius 1 is 1.39 bits per heavy atom. The topological polar surface area (TPSA) is 82.9 Å². The van der Waals surface area contributed by atoms with Gasteiger partial charge in [-0.3, -0.25) is 9.69 Å². The van der Waals surface area contributed by atoms with E-state index in [1.807, 2.05) is 0 Å². The van der Waals surface area contributed by atoms with Gasteiger partial charge in [0.2, 0.25) is 0 Å². The molecule has 1 saturated heterocycles. The summed E-state index contributed by atoms with van der Waals surface area (Å²) in [6.45, 7) is 3.78.